The van der Waals surface area contributed by atoms with Crippen LogP contribution in [0, 0.1) is 0 Å². The second-order valence-electron chi connectivity index (χ2n) is 7.16. The van der Waals surface area contributed by atoms with E-state index in [4.69, 9.17) is 5.14 Å². The molecule has 0 saturated carbocycles. The molecule has 0 aromatic heterocycles. The number of rotatable bonds is 13. The van der Waals surface area contributed by atoms with Gasteiger partial charge in [0, 0.05) is 0 Å². The molecule has 0 aliphatic heterocycles. The van der Waals surface area contributed by atoms with Crippen molar-refractivity contribution in [3.8, 4) is 0 Å². The van der Waals surface area contributed by atoms with Crippen molar-refractivity contribution in [2.45, 2.75) is 64.2 Å². The van der Waals surface area contributed by atoms with Gasteiger partial charge in [0.05, 0.1) is 31.1 Å². The third-order valence-corrected chi connectivity index (χ3v) is 6.27. The van der Waals surface area contributed by atoms with Crippen LogP contribution in [0.2, 0.25) is 0 Å². The first-order valence-electron chi connectivity index (χ1n) is 9.98. The molecule has 0 aliphatic rings. The van der Waals surface area contributed by atoms with Crippen molar-refractivity contribution in [1.82, 2.24) is 0 Å². The molecular formula is C21H37N2O2S+. The summed E-state index contributed by atoms with van der Waals surface area (Å²) in [7, 11) is -3.61. The maximum absolute atomic E-state index is 11.3. The van der Waals surface area contributed by atoms with Gasteiger partial charge in [-0.05, 0) is 56.9 Å². The fraction of sp³-hybridized carbons (Fsp3) is 0.619. The summed E-state index contributed by atoms with van der Waals surface area (Å²) in [5.41, 5.74) is 1.10. The van der Waals surface area contributed by atoms with Crippen LogP contribution in [0.1, 0.15) is 58.4 Å². The molecule has 0 unspecified atom stereocenters. The smallest absolute Gasteiger partial charge is 0.238 e. The van der Waals surface area contributed by atoms with Crippen LogP contribution in [0.5, 0.6) is 0 Å². The molecule has 1 aromatic carbocycles. The van der Waals surface area contributed by atoms with E-state index in [2.05, 4.69) is 32.9 Å². The van der Waals surface area contributed by atoms with E-state index < -0.39 is 10.0 Å². The number of nitrogens with two attached hydrogens (primary N) is 1. The minimum Gasteiger partial charge on any atom is -0.321 e. The zero-order valence-corrected chi connectivity index (χ0v) is 17.6. The lowest BCUT2D eigenvalue weighted by molar-refractivity contribution is -0.919. The Morgan fingerprint density at radius 2 is 1.54 bits per heavy atom. The molecule has 0 aliphatic carbocycles. The van der Waals surface area contributed by atoms with Crippen LogP contribution < -0.4 is 5.14 Å². The molecular weight excluding hydrogens is 344 g/mol. The van der Waals surface area contributed by atoms with Crippen molar-refractivity contribution in [1.29, 1.82) is 0 Å². The second-order valence-corrected chi connectivity index (χ2v) is 8.72. The molecule has 4 nitrogen and oxygen atoms in total. The summed E-state index contributed by atoms with van der Waals surface area (Å²) in [5.74, 6) is 0. The summed E-state index contributed by atoms with van der Waals surface area (Å²) in [6.07, 6.45) is 11.9. The highest BCUT2D eigenvalue weighted by Gasteiger charge is 2.20. The number of primary sulfonamides is 1. The first-order chi connectivity index (χ1) is 12.4. The van der Waals surface area contributed by atoms with E-state index in [1.165, 1.54) is 38.6 Å². The van der Waals surface area contributed by atoms with Crippen LogP contribution in [0.15, 0.2) is 41.3 Å². The quantitative estimate of drug-likeness (QED) is 0.315. The number of likely N-dealkylation sites (N-methyl/N-ethyl adjacent to an activating group) is 1. The zero-order chi connectivity index (χ0) is 19.5. The molecule has 0 heterocycles. The van der Waals surface area contributed by atoms with Gasteiger partial charge in [-0.25, -0.2) is 13.6 Å². The van der Waals surface area contributed by atoms with Crippen LogP contribution in [0.3, 0.4) is 0 Å². The number of nitrogens with zero attached hydrogens (tertiary/aromatic N) is 1. The van der Waals surface area contributed by atoms with Crippen LogP contribution in [-0.4, -0.2) is 39.1 Å². The number of allylic oxidation sites excluding steroid dienone is 1. The standard InChI is InChI=1S/C21H37N2O2S/c1-4-7-8-9-11-18-23(5-2,6-3)19-12-10-13-20-14-16-21(17-15-20)26(22,24)25/h10,12,14-17H,4-9,11,13,18-19H2,1-3H3,(H2,22,24,25)/q+1. The maximum atomic E-state index is 11.3. The van der Waals surface area contributed by atoms with Crippen molar-refractivity contribution in [3.05, 3.63) is 42.0 Å². The Labute approximate surface area is 160 Å². The molecule has 26 heavy (non-hydrogen) atoms. The van der Waals surface area contributed by atoms with E-state index in [0.717, 1.165) is 36.1 Å². The summed E-state index contributed by atoms with van der Waals surface area (Å²) in [5, 5.41) is 5.13. The number of sulfonamides is 1. The van der Waals surface area contributed by atoms with E-state index in [0.29, 0.717) is 0 Å². The Kier molecular flexibility index (Phi) is 10.1. The Balaban J connectivity index is 2.52. The molecule has 0 spiro atoms. The van der Waals surface area contributed by atoms with Crippen molar-refractivity contribution >= 4 is 10.0 Å². The predicted octanol–water partition coefficient (Wildman–Crippen LogP) is 4.26. The first-order valence-corrected chi connectivity index (χ1v) is 11.5. The highest BCUT2D eigenvalue weighted by molar-refractivity contribution is 7.89. The van der Waals surface area contributed by atoms with Crippen molar-refractivity contribution in [2.75, 3.05) is 26.2 Å². The number of quaternary nitrogens is 1. The molecule has 148 valence electrons. The molecule has 0 bridgehead atoms. The van der Waals surface area contributed by atoms with Crippen LogP contribution >= 0.6 is 0 Å². The molecule has 0 fully saturated rings. The lowest BCUT2D eigenvalue weighted by Crippen LogP contribution is -2.48. The Bertz CT molecular complexity index is 632. The van der Waals surface area contributed by atoms with Crippen LogP contribution in [0.4, 0.5) is 0 Å². The molecule has 1 rings (SSSR count). The number of hydrogen-bond donors (Lipinski definition) is 1. The summed E-state index contributed by atoms with van der Waals surface area (Å²) in [6.45, 7) is 11.5. The number of benzene rings is 1. The van der Waals surface area contributed by atoms with E-state index >= 15 is 0 Å². The molecule has 0 radical (unpaired) electrons. The first kappa shape index (κ1) is 22.9. The highest BCUT2D eigenvalue weighted by Crippen LogP contribution is 2.13. The minimum absolute atomic E-state index is 0.168. The summed E-state index contributed by atoms with van der Waals surface area (Å²) < 4.78 is 23.7. The molecule has 0 saturated heterocycles. The Hall–Kier alpha value is -1.17. The monoisotopic (exact) mass is 381 g/mol. The van der Waals surface area contributed by atoms with Gasteiger partial charge in [-0.3, -0.25) is 0 Å². The van der Waals surface area contributed by atoms with Gasteiger partial charge in [0.2, 0.25) is 10.0 Å². The van der Waals surface area contributed by atoms with Crippen molar-refractivity contribution in [2.24, 2.45) is 5.14 Å². The van der Waals surface area contributed by atoms with Crippen LogP contribution in [-0.2, 0) is 16.4 Å². The third kappa shape index (κ3) is 8.02. The van der Waals surface area contributed by atoms with Gasteiger partial charge in [-0.2, -0.15) is 0 Å². The lowest BCUT2D eigenvalue weighted by atomic mass is 10.1. The average Bonchev–Trinajstić information content (AvgIpc) is 2.63. The average molecular weight is 382 g/mol. The normalized spacial score (nSPS) is 12.8. The number of unbranched alkanes of at least 4 members (excludes halogenated alkanes) is 4. The second kappa shape index (κ2) is 11.5. The fourth-order valence-electron chi connectivity index (χ4n) is 3.27. The van der Waals surface area contributed by atoms with Gasteiger partial charge < -0.3 is 4.48 Å². The molecule has 5 heteroatoms. The van der Waals surface area contributed by atoms with Crippen LogP contribution in [0.25, 0.3) is 0 Å². The Morgan fingerprint density at radius 1 is 0.923 bits per heavy atom. The van der Waals surface area contributed by atoms with E-state index in [1.807, 2.05) is 12.1 Å². The molecule has 0 atom stereocenters. The number of hydrogen-bond acceptors (Lipinski definition) is 2. The van der Waals surface area contributed by atoms with Crippen molar-refractivity contribution < 1.29 is 12.9 Å². The van der Waals surface area contributed by atoms with Gasteiger partial charge in [-0.15, -0.1) is 0 Å². The molecule has 1 aromatic rings. The molecule has 0 amide bonds. The largest absolute Gasteiger partial charge is 0.321 e. The summed E-state index contributed by atoms with van der Waals surface area (Å²) >= 11 is 0. The van der Waals surface area contributed by atoms with Gasteiger partial charge in [0.25, 0.3) is 0 Å². The van der Waals surface area contributed by atoms with Gasteiger partial charge in [-0.1, -0.05) is 44.4 Å². The zero-order valence-electron chi connectivity index (χ0n) is 16.8. The predicted molar refractivity (Wildman–Crippen MR) is 110 cm³/mol. The minimum atomic E-state index is -3.61. The lowest BCUT2D eigenvalue weighted by Gasteiger charge is -2.36. The van der Waals surface area contributed by atoms with Gasteiger partial charge >= 0.3 is 0 Å². The topological polar surface area (TPSA) is 60.2 Å². The highest BCUT2D eigenvalue weighted by atomic mass is 32.2. The summed E-state index contributed by atoms with van der Waals surface area (Å²) in [6, 6.07) is 6.82. The Morgan fingerprint density at radius 3 is 2.08 bits per heavy atom. The van der Waals surface area contributed by atoms with Gasteiger partial charge in [0.15, 0.2) is 0 Å². The SMILES string of the molecule is CCCCCCC[N+](CC)(CC)CC=CCc1ccc(S(N)(=O)=O)cc1. The maximum Gasteiger partial charge on any atom is 0.238 e. The summed E-state index contributed by atoms with van der Waals surface area (Å²) in [4.78, 5) is 0.168. The fourth-order valence-corrected chi connectivity index (χ4v) is 3.79. The third-order valence-electron chi connectivity index (χ3n) is 5.34. The van der Waals surface area contributed by atoms with E-state index in [9.17, 15) is 8.42 Å². The van der Waals surface area contributed by atoms with E-state index in [1.54, 1.807) is 12.1 Å². The van der Waals surface area contributed by atoms with E-state index in [-0.39, 0.29) is 4.90 Å². The molecule has 2 N–H and O–H groups in total. The van der Waals surface area contributed by atoms with Gasteiger partial charge in [0.1, 0.15) is 0 Å². The van der Waals surface area contributed by atoms with Crippen molar-refractivity contribution in [3.63, 3.8) is 0 Å².